The Kier molecular flexibility index (Phi) is 13.0. The summed E-state index contributed by atoms with van der Waals surface area (Å²) in [5, 5.41) is 10.8. The van der Waals surface area contributed by atoms with E-state index in [1.54, 1.807) is 13.0 Å². The van der Waals surface area contributed by atoms with Gasteiger partial charge in [-0.05, 0) is 19.8 Å². The van der Waals surface area contributed by atoms with Crippen LogP contribution in [0.25, 0.3) is 0 Å². The smallest absolute Gasteiger partial charge is 0.305 e. The molecule has 0 heterocycles. The number of aliphatic hydroxyl groups excluding tert-OH is 1. The number of unbranched alkanes of at least 4 members (excludes halogenated alkanes) is 3. The van der Waals surface area contributed by atoms with Crippen molar-refractivity contribution >= 4 is 17.9 Å². The minimum atomic E-state index is -0.724. The SMILES string of the molecule is CC#CCC(C)(C)[C@H](O)C=C[C@@H]1[C@@H](CCCCCCC(=O)OC)[C@@H](OC(C)=O)C[C@H]1OC(C)=O. The molecule has 7 heteroatoms. The first kappa shape index (κ1) is 29.7. The molecule has 192 valence electrons. The van der Waals surface area contributed by atoms with Gasteiger partial charge in [0.15, 0.2) is 0 Å². The zero-order valence-electron chi connectivity index (χ0n) is 21.6. The van der Waals surface area contributed by atoms with E-state index in [4.69, 9.17) is 9.47 Å². The predicted molar refractivity (Wildman–Crippen MR) is 129 cm³/mol. The fourth-order valence-corrected chi connectivity index (χ4v) is 4.44. The summed E-state index contributed by atoms with van der Waals surface area (Å²) in [4.78, 5) is 34.8. The van der Waals surface area contributed by atoms with E-state index in [1.807, 2.05) is 19.9 Å². The molecule has 0 radical (unpaired) electrons. The number of carbonyl (C=O) groups is 3. The van der Waals surface area contributed by atoms with Gasteiger partial charge in [-0.3, -0.25) is 14.4 Å². The van der Waals surface area contributed by atoms with E-state index < -0.39 is 17.6 Å². The van der Waals surface area contributed by atoms with Gasteiger partial charge >= 0.3 is 17.9 Å². The highest BCUT2D eigenvalue weighted by molar-refractivity contribution is 5.69. The first-order chi connectivity index (χ1) is 16.0. The summed E-state index contributed by atoms with van der Waals surface area (Å²) in [6, 6.07) is 0. The molecule has 1 rings (SSSR count). The van der Waals surface area contributed by atoms with Crippen LogP contribution in [0.2, 0.25) is 0 Å². The van der Waals surface area contributed by atoms with Crippen molar-refractivity contribution in [3.63, 3.8) is 0 Å². The number of methoxy groups -OCH3 is 1. The van der Waals surface area contributed by atoms with Gasteiger partial charge in [-0.15, -0.1) is 11.8 Å². The van der Waals surface area contributed by atoms with Crippen LogP contribution in [0.15, 0.2) is 12.2 Å². The van der Waals surface area contributed by atoms with Crippen LogP contribution in [0.3, 0.4) is 0 Å². The monoisotopic (exact) mass is 478 g/mol. The molecule has 34 heavy (non-hydrogen) atoms. The van der Waals surface area contributed by atoms with Crippen molar-refractivity contribution in [1.29, 1.82) is 0 Å². The van der Waals surface area contributed by atoms with Gasteiger partial charge in [0.2, 0.25) is 0 Å². The van der Waals surface area contributed by atoms with Crippen molar-refractivity contribution in [3.05, 3.63) is 12.2 Å². The average Bonchev–Trinajstić information content (AvgIpc) is 3.06. The van der Waals surface area contributed by atoms with Crippen molar-refractivity contribution in [2.45, 2.75) is 104 Å². The summed E-state index contributed by atoms with van der Waals surface area (Å²) in [6.45, 7) is 8.44. The maximum absolute atomic E-state index is 11.8. The van der Waals surface area contributed by atoms with E-state index in [9.17, 15) is 19.5 Å². The summed E-state index contributed by atoms with van der Waals surface area (Å²) in [7, 11) is 1.39. The average molecular weight is 479 g/mol. The van der Waals surface area contributed by atoms with Crippen molar-refractivity contribution in [2.75, 3.05) is 7.11 Å². The minimum absolute atomic E-state index is 0.0316. The number of hydrogen-bond acceptors (Lipinski definition) is 7. The normalized spacial score (nSPS) is 23.1. The standard InChI is InChI=1S/C27H42O7/c1-7-8-17-27(4,5)25(30)16-15-22-21(13-11-9-10-12-14-26(31)32-6)23(33-19(2)28)18-24(22)34-20(3)29/h15-16,21-25,30H,9-14,17-18H2,1-6H3/t21-,22-,23+,24-,25-/m1/s1. The Bertz CT molecular complexity index is 759. The van der Waals surface area contributed by atoms with E-state index in [2.05, 4.69) is 16.6 Å². The molecule has 0 bridgehead atoms. The second-order valence-electron chi connectivity index (χ2n) is 9.72. The minimum Gasteiger partial charge on any atom is -0.469 e. The first-order valence-electron chi connectivity index (χ1n) is 12.2. The molecule has 5 atom stereocenters. The van der Waals surface area contributed by atoms with Gasteiger partial charge in [-0.2, -0.15) is 0 Å². The highest BCUT2D eigenvalue weighted by Crippen LogP contribution is 2.41. The number of aliphatic hydroxyl groups is 1. The Balaban J connectivity index is 2.95. The fraction of sp³-hybridized carbons (Fsp3) is 0.741. The van der Waals surface area contributed by atoms with Gasteiger partial charge in [-0.1, -0.05) is 45.3 Å². The largest absolute Gasteiger partial charge is 0.469 e. The molecule has 1 fully saturated rings. The first-order valence-corrected chi connectivity index (χ1v) is 12.2. The zero-order chi connectivity index (χ0) is 25.7. The van der Waals surface area contributed by atoms with E-state index >= 15 is 0 Å². The molecule has 0 aliphatic heterocycles. The molecule has 0 saturated heterocycles. The van der Waals surface area contributed by atoms with Crippen LogP contribution >= 0.6 is 0 Å². The number of carbonyl (C=O) groups excluding carboxylic acids is 3. The third-order valence-corrected chi connectivity index (χ3v) is 6.43. The van der Waals surface area contributed by atoms with Crippen LogP contribution in [0, 0.1) is 29.1 Å². The third-order valence-electron chi connectivity index (χ3n) is 6.43. The molecule has 1 N–H and O–H groups in total. The van der Waals surface area contributed by atoms with Crippen LogP contribution in [0.5, 0.6) is 0 Å². The molecular formula is C27H42O7. The van der Waals surface area contributed by atoms with Gasteiger partial charge in [0, 0.05) is 50.4 Å². The summed E-state index contributed by atoms with van der Waals surface area (Å²) in [5.74, 6) is 4.74. The molecule has 0 aromatic heterocycles. The molecule has 0 amide bonds. The van der Waals surface area contributed by atoms with Crippen LogP contribution in [-0.2, 0) is 28.6 Å². The Morgan fingerprint density at radius 2 is 1.68 bits per heavy atom. The second kappa shape index (κ2) is 14.8. The fourth-order valence-electron chi connectivity index (χ4n) is 4.44. The van der Waals surface area contributed by atoms with Gasteiger partial charge in [0.05, 0.1) is 13.2 Å². The van der Waals surface area contributed by atoms with Crippen LogP contribution in [0.4, 0.5) is 0 Å². The molecule has 1 saturated carbocycles. The van der Waals surface area contributed by atoms with E-state index in [0.717, 1.165) is 32.1 Å². The van der Waals surface area contributed by atoms with E-state index in [-0.39, 0.29) is 35.8 Å². The Labute approximate surface area is 204 Å². The van der Waals surface area contributed by atoms with Crippen molar-refractivity contribution < 1.29 is 33.7 Å². The third kappa shape index (κ3) is 10.3. The summed E-state index contributed by atoms with van der Waals surface area (Å²) >= 11 is 0. The lowest BCUT2D eigenvalue weighted by atomic mass is 9.81. The molecule has 1 aliphatic rings. The summed E-state index contributed by atoms with van der Waals surface area (Å²) in [6.07, 6.45) is 7.85. The lowest BCUT2D eigenvalue weighted by molar-refractivity contribution is -0.149. The Morgan fingerprint density at radius 3 is 2.26 bits per heavy atom. The highest BCUT2D eigenvalue weighted by Gasteiger charge is 2.45. The lowest BCUT2D eigenvalue weighted by Gasteiger charge is -2.28. The van der Waals surface area contributed by atoms with Gasteiger partial charge < -0.3 is 19.3 Å². The molecular weight excluding hydrogens is 436 g/mol. The zero-order valence-corrected chi connectivity index (χ0v) is 21.6. The Hall–Kier alpha value is -2.33. The summed E-state index contributed by atoms with van der Waals surface area (Å²) < 4.78 is 15.9. The molecule has 0 aromatic carbocycles. The molecule has 0 spiro atoms. The molecule has 0 unspecified atom stereocenters. The molecule has 0 aromatic rings. The number of esters is 3. The van der Waals surface area contributed by atoms with Gasteiger partial charge in [0.1, 0.15) is 12.2 Å². The van der Waals surface area contributed by atoms with Gasteiger partial charge in [-0.25, -0.2) is 0 Å². The predicted octanol–water partition coefficient (Wildman–Crippen LogP) is 4.36. The molecule has 1 aliphatic carbocycles. The summed E-state index contributed by atoms with van der Waals surface area (Å²) in [5.41, 5.74) is -0.431. The van der Waals surface area contributed by atoms with Gasteiger partial charge in [0.25, 0.3) is 0 Å². The lowest BCUT2D eigenvalue weighted by Crippen LogP contribution is -2.29. The van der Waals surface area contributed by atoms with Crippen LogP contribution in [-0.4, -0.2) is 48.4 Å². The maximum Gasteiger partial charge on any atom is 0.305 e. The van der Waals surface area contributed by atoms with Crippen molar-refractivity contribution in [1.82, 2.24) is 0 Å². The number of rotatable bonds is 13. The van der Waals surface area contributed by atoms with E-state index in [1.165, 1.54) is 21.0 Å². The van der Waals surface area contributed by atoms with E-state index in [0.29, 0.717) is 19.3 Å². The number of ether oxygens (including phenoxy) is 3. The highest BCUT2D eigenvalue weighted by atomic mass is 16.6. The Morgan fingerprint density at radius 1 is 1.06 bits per heavy atom. The maximum atomic E-state index is 11.8. The molecule has 7 nitrogen and oxygen atoms in total. The van der Waals surface area contributed by atoms with Crippen LogP contribution < -0.4 is 0 Å². The van der Waals surface area contributed by atoms with Crippen molar-refractivity contribution in [2.24, 2.45) is 17.3 Å². The number of hydrogen-bond donors (Lipinski definition) is 1. The van der Waals surface area contributed by atoms with Crippen molar-refractivity contribution in [3.8, 4) is 11.8 Å². The quantitative estimate of drug-likeness (QED) is 0.138. The second-order valence-corrected chi connectivity index (χ2v) is 9.72. The topological polar surface area (TPSA) is 99.1 Å². The van der Waals surface area contributed by atoms with Crippen LogP contribution in [0.1, 0.15) is 86.0 Å².